The molecule has 2 rings (SSSR count). The summed E-state index contributed by atoms with van der Waals surface area (Å²) in [6.45, 7) is 5.95. The maximum atomic E-state index is 11.0. The van der Waals surface area contributed by atoms with E-state index in [9.17, 15) is 10.1 Å². The van der Waals surface area contributed by atoms with Gasteiger partial charge in [0, 0.05) is 30.4 Å². The third-order valence-electron chi connectivity index (χ3n) is 3.72. The topological polar surface area (TPSA) is 81.6 Å². The molecule has 1 aromatic rings. The maximum absolute atomic E-state index is 11.0. The van der Waals surface area contributed by atoms with Gasteiger partial charge in [-0.15, -0.1) is 0 Å². The first kappa shape index (κ1) is 14.6. The van der Waals surface area contributed by atoms with E-state index in [1.807, 2.05) is 13.0 Å². The normalized spacial score (nSPS) is 22.1. The van der Waals surface area contributed by atoms with Crippen LogP contribution in [0.2, 0.25) is 0 Å². The van der Waals surface area contributed by atoms with Gasteiger partial charge in [0.1, 0.15) is 5.75 Å². The monoisotopic (exact) mass is 279 g/mol. The molecule has 110 valence electrons. The van der Waals surface area contributed by atoms with Gasteiger partial charge in [0.25, 0.3) is 5.69 Å². The molecule has 1 aromatic carbocycles. The maximum Gasteiger partial charge on any atom is 0.275 e. The SMILES string of the molecule is CCOc1cc(N2CC(CN)CC2C)cc([N+](=O)[O-])c1. The quantitative estimate of drug-likeness (QED) is 0.660. The van der Waals surface area contributed by atoms with Gasteiger partial charge in [-0.05, 0) is 32.7 Å². The summed E-state index contributed by atoms with van der Waals surface area (Å²) in [5.74, 6) is 0.986. The molecule has 0 aromatic heterocycles. The van der Waals surface area contributed by atoms with Crippen molar-refractivity contribution in [2.75, 3.05) is 24.6 Å². The van der Waals surface area contributed by atoms with Gasteiger partial charge in [0.2, 0.25) is 0 Å². The highest BCUT2D eigenvalue weighted by Gasteiger charge is 2.29. The van der Waals surface area contributed by atoms with Crippen molar-refractivity contribution in [2.45, 2.75) is 26.3 Å². The van der Waals surface area contributed by atoms with Gasteiger partial charge in [-0.1, -0.05) is 0 Å². The lowest BCUT2D eigenvalue weighted by Crippen LogP contribution is -2.27. The van der Waals surface area contributed by atoms with Crippen LogP contribution in [0.25, 0.3) is 0 Å². The molecular formula is C14H21N3O3. The molecule has 6 nitrogen and oxygen atoms in total. The molecule has 2 atom stereocenters. The summed E-state index contributed by atoms with van der Waals surface area (Å²) in [5.41, 5.74) is 6.64. The Kier molecular flexibility index (Phi) is 4.44. The smallest absolute Gasteiger partial charge is 0.275 e. The summed E-state index contributed by atoms with van der Waals surface area (Å²) in [5, 5.41) is 11.0. The van der Waals surface area contributed by atoms with E-state index < -0.39 is 0 Å². The van der Waals surface area contributed by atoms with Crippen molar-refractivity contribution in [2.24, 2.45) is 11.7 Å². The van der Waals surface area contributed by atoms with Crippen LogP contribution in [0.5, 0.6) is 5.75 Å². The van der Waals surface area contributed by atoms with Crippen LogP contribution in [-0.4, -0.2) is 30.7 Å². The third kappa shape index (κ3) is 3.01. The van der Waals surface area contributed by atoms with Gasteiger partial charge < -0.3 is 15.4 Å². The third-order valence-corrected chi connectivity index (χ3v) is 3.72. The first-order valence-electron chi connectivity index (χ1n) is 6.94. The molecule has 0 bridgehead atoms. The van der Waals surface area contributed by atoms with E-state index in [-0.39, 0.29) is 10.6 Å². The molecule has 2 unspecified atom stereocenters. The van der Waals surface area contributed by atoms with E-state index in [1.165, 1.54) is 6.07 Å². The van der Waals surface area contributed by atoms with Crippen molar-refractivity contribution in [3.63, 3.8) is 0 Å². The second-order valence-electron chi connectivity index (χ2n) is 5.21. The number of nitro groups is 1. The van der Waals surface area contributed by atoms with Gasteiger partial charge in [0.15, 0.2) is 0 Å². The first-order chi connectivity index (χ1) is 9.55. The van der Waals surface area contributed by atoms with Crippen molar-refractivity contribution < 1.29 is 9.66 Å². The van der Waals surface area contributed by atoms with E-state index in [0.29, 0.717) is 30.9 Å². The van der Waals surface area contributed by atoms with Crippen LogP contribution in [0.15, 0.2) is 18.2 Å². The Labute approximate surface area is 118 Å². The van der Waals surface area contributed by atoms with Crippen LogP contribution in [0.4, 0.5) is 11.4 Å². The number of hydrogen-bond donors (Lipinski definition) is 1. The van der Waals surface area contributed by atoms with E-state index in [2.05, 4.69) is 11.8 Å². The Morgan fingerprint density at radius 2 is 2.25 bits per heavy atom. The minimum Gasteiger partial charge on any atom is -0.494 e. The van der Waals surface area contributed by atoms with Crippen LogP contribution in [-0.2, 0) is 0 Å². The Bertz CT molecular complexity index is 493. The molecule has 1 aliphatic heterocycles. The predicted molar refractivity (Wildman–Crippen MR) is 78.2 cm³/mol. The van der Waals surface area contributed by atoms with E-state index in [1.54, 1.807) is 6.07 Å². The highest BCUT2D eigenvalue weighted by Crippen LogP contribution is 2.34. The number of anilines is 1. The number of non-ortho nitro benzene ring substituents is 1. The number of benzene rings is 1. The molecule has 0 amide bonds. The highest BCUT2D eigenvalue weighted by atomic mass is 16.6. The lowest BCUT2D eigenvalue weighted by atomic mass is 10.1. The lowest BCUT2D eigenvalue weighted by molar-refractivity contribution is -0.384. The second kappa shape index (κ2) is 6.09. The fraction of sp³-hybridized carbons (Fsp3) is 0.571. The fourth-order valence-corrected chi connectivity index (χ4v) is 2.76. The van der Waals surface area contributed by atoms with Crippen LogP contribution in [0.1, 0.15) is 20.3 Å². The summed E-state index contributed by atoms with van der Waals surface area (Å²) in [4.78, 5) is 12.8. The molecule has 1 heterocycles. The predicted octanol–water partition coefficient (Wildman–Crippen LogP) is 2.17. The Morgan fingerprint density at radius 3 is 2.80 bits per heavy atom. The van der Waals surface area contributed by atoms with Crippen LogP contribution < -0.4 is 15.4 Å². The summed E-state index contributed by atoms with van der Waals surface area (Å²) in [7, 11) is 0. The van der Waals surface area contributed by atoms with Gasteiger partial charge in [-0.2, -0.15) is 0 Å². The Balaban J connectivity index is 2.32. The van der Waals surface area contributed by atoms with Crippen LogP contribution in [0, 0.1) is 16.0 Å². The van der Waals surface area contributed by atoms with E-state index in [0.717, 1.165) is 18.7 Å². The highest BCUT2D eigenvalue weighted by molar-refractivity contribution is 5.59. The molecule has 0 saturated carbocycles. The first-order valence-corrected chi connectivity index (χ1v) is 6.94. The number of nitro benzene ring substituents is 1. The number of nitrogens with two attached hydrogens (primary N) is 1. The van der Waals surface area contributed by atoms with E-state index >= 15 is 0 Å². The zero-order valence-corrected chi connectivity index (χ0v) is 11.9. The van der Waals surface area contributed by atoms with Gasteiger partial charge in [0.05, 0.1) is 17.6 Å². The second-order valence-corrected chi connectivity index (χ2v) is 5.21. The molecule has 0 radical (unpaired) electrons. The summed E-state index contributed by atoms with van der Waals surface area (Å²) in [6.07, 6.45) is 1.02. The Hall–Kier alpha value is -1.82. The van der Waals surface area contributed by atoms with Crippen molar-refractivity contribution in [1.82, 2.24) is 0 Å². The molecule has 6 heteroatoms. The molecule has 2 N–H and O–H groups in total. The number of rotatable bonds is 5. The largest absolute Gasteiger partial charge is 0.494 e. The zero-order valence-electron chi connectivity index (χ0n) is 11.9. The summed E-state index contributed by atoms with van der Waals surface area (Å²) >= 11 is 0. The molecule has 1 aliphatic rings. The average Bonchev–Trinajstić information content (AvgIpc) is 2.80. The van der Waals surface area contributed by atoms with E-state index in [4.69, 9.17) is 10.5 Å². The molecule has 0 spiro atoms. The Morgan fingerprint density at radius 1 is 1.50 bits per heavy atom. The summed E-state index contributed by atoms with van der Waals surface area (Å²) < 4.78 is 5.43. The minimum atomic E-state index is -0.382. The molecule has 1 fully saturated rings. The average molecular weight is 279 g/mol. The molecular weight excluding hydrogens is 258 g/mol. The summed E-state index contributed by atoms with van der Waals surface area (Å²) in [6, 6.07) is 5.28. The van der Waals surface area contributed by atoms with Crippen LogP contribution >= 0.6 is 0 Å². The molecule has 0 aliphatic carbocycles. The van der Waals surface area contributed by atoms with Crippen molar-refractivity contribution in [3.8, 4) is 5.75 Å². The fourth-order valence-electron chi connectivity index (χ4n) is 2.76. The number of nitrogens with zero attached hydrogens (tertiary/aromatic N) is 2. The van der Waals surface area contributed by atoms with Gasteiger partial charge >= 0.3 is 0 Å². The van der Waals surface area contributed by atoms with Crippen molar-refractivity contribution in [3.05, 3.63) is 28.3 Å². The van der Waals surface area contributed by atoms with Crippen molar-refractivity contribution in [1.29, 1.82) is 0 Å². The standard InChI is InChI=1S/C14H21N3O3/c1-3-20-14-6-12(5-13(7-14)17(18)19)16-9-11(8-15)4-10(16)2/h5-7,10-11H,3-4,8-9,15H2,1-2H3. The van der Waals surface area contributed by atoms with Crippen molar-refractivity contribution >= 4 is 11.4 Å². The van der Waals surface area contributed by atoms with Gasteiger partial charge in [-0.25, -0.2) is 0 Å². The minimum absolute atomic E-state index is 0.0642. The van der Waals surface area contributed by atoms with Gasteiger partial charge in [-0.3, -0.25) is 10.1 Å². The molecule has 20 heavy (non-hydrogen) atoms. The number of hydrogen-bond acceptors (Lipinski definition) is 5. The number of ether oxygens (including phenoxy) is 1. The zero-order chi connectivity index (χ0) is 14.7. The van der Waals surface area contributed by atoms with Crippen LogP contribution in [0.3, 0.4) is 0 Å². The molecule has 1 saturated heterocycles. The lowest BCUT2D eigenvalue weighted by Gasteiger charge is -2.24.